The minimum atomic E-state index is -0.853. The van der Waals surface area contributed by atoms with Crippen LogP contribution in [0.25, 0.3) is 0 Å². The standard InChI is InChI=1S/C9H12ClN3O3/c1-5(14)7-8(10)12-6(2)13(7)3-4-16-9(11)15/h3-4H2,1-2H3,(H2,11,15). The third-order valence-corrected chi connectivity index (χ3v) is 2.27. The largest absolute Gasteiger partial charge is 0.448 e. The van der Waals surface area contributed by atoms with Crippen LogP contribution in [-0.2, 0) is 11.3 Å². The van der Waals surface area contributed by atoms with E-state index in [1.165, 1.54) is 6.92 Å². The van der Waals surface area contributed by atoms with E-state index < -0.39 is 6.09 Å². The SMILES string of the molecule is CC(=O)c1c(Cl)nc(C)n1CCOC(N)=O. The number of amides is 1. The average Bonchev–Trinajstić information content (AvgIpc) is 2.40. The van der Waals surface area contributed by atoms with Crippen molar-refractivity contribution in [1.82, 2.24) is 9.55 Å². The number of aromatic nitrogens is 2. The summed E-state index contributed by atoms with van der Waals surface area (Å²) in [6.45, 7) is 3.48. The van der Waals surface area contributed by atoms with E-state index in [4.69, 9.17) is 17.3 Å². The lowest BCUT2D eigenvalue weighted by Crippen LogP contribution is -2.18. The molecule has 0 aromatic carbocycles. The summed E-state index contributed by atoms with van der Waals surface area (Å²) in [5, 5.41) is 0.157. The molecule has 2 N–H and O–H groups in total. The van der Waals surface area contributed by atoms with Gasteiger partial charge in [-0.3, -0.25) is 4.79 Å². The fourth-order valence-corrected chi connectivity index (χ4v) is 1.73. The predicted octanol–water partition coefficient (Wildman–Crippen LogP) is 1.14. The van der Waals surface area contributed by atoms with Crippen LogP contribution in [0.4, 0.5) is 4.79 Å². The molecule has 0 spiro atoms. The van der Waals surface area contributed by atoms with Crippen molar-refractivity contribution < 1.29 is 14.3 Å². The van der Waals surface area contributed by atoms with Gasteiger partial charge in [-0.15, -0.1) is 0 Å². The van der Waals surface area contributed by atoms with Gasteiger partial charge in [-0.1, -0.05) is 11.6 Å². The maximum Gasteiger partial charge on any atom is 0.404 e. The average molecular weight is 246 g/mol. The van der Waals surface area contributed by atoms with Crippen molar-refractivity contribution >= 4 is 23.5 Å². The van der Waals surface area contributed by atoms with Crippen LogP contribution in [0.3, 0.4) is 0 Å². The van der Waals surface area contributed by atoms with Crippen LogP contribution in [0, 0.1) is 6.92 Å². The highest BCUT2D eigenvalue weighted by atomic mass is 35.5. The van der Waals surface area contributed by atoms with E-state index >= 15 is 0 Å². The van der Waals surface area contributed by atoms with Gasteiger partial charge >= 0.3 is 6.09 Å². The Kier molecular flexibility index (Phi) is 3.89. The van der Waals surface area contributed by atoms with Gasteiger partial charge in [-0.25, -0.2) is 9.78 Å². The molecule has 7 heteroatoms. The first-order valence-corrected chi connectivity index (χ1v) is 4.97. The highest BCUT2D eigenvalue weighted by Gasteiger charge is 2.16. The van der Waals surface area contributed by atoms with Crippen molar-refractivity contribution in [1.29, 1.82) is 0 Å². The highest BCUT2D eigenvalue weighted by Crippen LogP contribution is 2.17. The monoisotopic (exact) mass is 245 g/mol. The van der Waals surface area contributed by atoms with E-state index in [9.17, 15) is 9.59 Å². The fraction of sp³-hybridized carbons (Fsp3) is 0.444. The number of primary amides is 1. The molecule has 1 heterocycles. The molecule has 1 rings (SSSR count). The van der Waals surface area contributed by atoms with E-state index in [-0.39, 0.29) is 17.5 Å². The van der Waals surface area contributed by atoms with Crippen LogP contribution in [0.15, 0.2) is 0 Å². The van der Waals surface area contributed by atoms with Crippen LogP contribution in [0.5, 0.6) is 0 Å². The number of Topliss-reactive ketones (excluding diaryl/α,β-unsaturated/α-hetero) is 1. The van der Waals surface area contributed by atoms with Gasteiger partial charge in [0.25, 0.3) is 0 Å². The second kappa shape index (κ2) is 4.98. The molecule has 0 saturated carbocycles. The quantitative estimate of drug-likeness (QED) is 0.806. The molecule has 1 amide bonds. The van der Waals surface area contributed by atoms with Crippen molar-refractivity contribution in [2.24, 2.45) is 5.73 Å². The third kappa shape index (κ3) is 2.73. The second-order valence-electron chi connectivity index (χ2n) is 3.17. The molecule has 0 fully saturated rings. The zero-order chi connectivity index (χ0) is 12.3. The van der Waals surface area contributed by atoms with Gasteiger partial charge in [0.2, 0.25) is 0 Å². The molecular formula is C9H12ClN3O3. The number of rotatable bonds is 4. The minimum Gasteiger partial charge on any atom is -0.448 e. The molecule has 0 bridgehead atoms. The summed E-state index contributed by atoms with van der Waals surface area (Å²) in [4.78, 5) is 25.7. The first kappa shape index (κ1) is 12.5. The molecule has 0 unspecified atom stereocenters. The molecule has 0 aliphatic rings. The van der Waals surface area contributed by atoms with Crippen molar-refractivity contribution in [2.45, 2.75) is 20.4 Å². The number of nitrogens with zero attached hydrogens (tertiary/aromatic N) is 2. The van der Waals surface area contributed by atoms with E-state index in [0.29, 0.717) is 18.1 Å². The number of aryl methyl sites for hydroxylation is 1. The Bertz CT molecular complexity index is 428. The molecule has 0 aliphatic carbocycles. The Labute approximate surface area is 97.3 Å². The van der Waals surface area contributed by atoms with E-state index in [0.717, 1.165) is 0 Å². The Morgan fingerprint density at radius 2 is 2.19 bits per heavy atom. The Morgan fingerprint density at radius 3 is 2.69 bits per heavy atom. The number of carbonyl (C=O) groups excluding carboxylic acids is 2. The molecule has 88 valence electrons. The van der Waals surface area contributed by atoms with Gasteiger partial charge in [0, 0.05) is 6.92 Å². The molecule has 0 radical (unpaired) electrons. The Balaban J connectivity index is 2.86. The maximum absolute atomic E-state index is 11.3. The van der Waals surface area contributed by atoms with Crippen LogP contribution < -0.4 is 5.73 Å². The van der Waals surface area contributed by atoms with Gasteiger partial charge in [-0.2, -0.15) is 0 Å². The molecule has 0 atom stereocenters. The minimum absolute atomic E-state index is 0.0726. The lowest BCUT2D eigenvalue weighted by atomic mass is 10.3. The summed E-state index contributed by atoms with van der Waals surface area (Å²) in [6.07, 6.45) is -0.853. The van der Waals surface area contributed by atoms with Crippen molar-refractivity contribution in [3.63, 3.8) is 0 Å². The van der Waals surface area contributed by atoms with Crippen molar-refractivity contribution in [3.8, 4) is 0 Å². The number of hydrogen-bond donors (Lipinski definition) is 1. The topological polar surface area (TPSA) is 87.2 Å². The zero-order valence-corrected chi connectivity index (χ0v) is 9.74. The first-order chi connectivity index (χ1) is 7.43. The molecule has 1 aromatic heterocycles. The summed E-state index contributed by atoms with van der Waals surface area (Å²) in [7, 11) is 0. The fourth-order valence-electron chi connectivity index (χ4n) is 1.37. The Morgan fingerprint density at radius 1 is 1.56 bits per heavy atom. The van der Waals surface area contributed by atoms with Gasteiger partial charge in [0.05, 0.1) is 6.54 Å². The smallest absolute Gasteiger partial charge is 0.404 e. The van der Waals surface area contributed by atoms with Crippen LogP contribution >= 0.6 is 11.6 Å². The predicted molar refractivity (Wildman–Crippen MR) is 57.5 cm³/mol. The van der Waals surface area contributed by atoms with Crippen molar-refractivity contribution in [3.05, 3.63) is 16.7 Å². The summed E-state index contributed by atoms with van der Waals surface area (Å²) >= 11 is 5.80. The van der Waals surface area contributed by atoms with E-state index in [1.54, 1.807) is 11.5 Å². The summed E-state index contributed by atoms with van der Waals surface area (Å²) in [6, 6.07) is 0. The molecular weight excluding hydrogens is 234 g/mol. The number of ether oxygens (including phenoxy) is 1. The molecule has 0 aliphatic heterocycles. The van der Waals surface area contributed by atoms with Crippen LogP contribution in [-0.4, -0.2) is 28.0 Å². The number of ketones is 1. The number of halogens is 1. The van der Waals surface area contributed by atoms with Crippen LogP contribution in [0.2, 0.25) is 5.15 Å². The third-order valence-electron chi connectivity index (χ3n) is 2.01. The van der Waals surface area contributed by atoms with E-state index in [1.807, 2.05) is 0 Å². The van der Waals surface area contributed by atoms with Gasteiger partial charge in [-0.05, 0) is 6.92 Å². The molecule has 0 saturated heterocycles. The second-order valence-corrected chi connectivity index (χ2v) is 3.53. The van der Waals surface area contributed by atoms with Gasteiger partial charge in [0.15, 0.2) is 10.9 Å². The number of nitrogens with two attached hydrogens (primary N) is 1. The number of imidazole rings is 1. The maximum atomic E-state index is 11.3. The number of carbonyl (C=O) groups is 2. The molecule has 16 heavy (non-hydrogen) atoms. The lowest BCUT2D eigenvalue weighted by molar-refractivity contribution is 0.100. The van der Waals surface area contributed by atoms with Crippen molar-refractivity contribution in [2.75, 3.05) is 6.61 Å². The normalized spacial score (nSPS) is 10.2. The van der Waals surface area contributed by atoms with E-state index in [2.05, 4.69) is 9.72 Å². The zero-order valence-electron chi connectivity index (χ0n) is 8.99. The van der Waals surface area contributed by atoms with Gasteiger partial charge < -0.3 is 15.0 Å². The molecule has 6 nitrogen and oxygen atoms in total. The summed E-state index contributed by atoms with van der Waals surface area (Å²) in [5.41, 5.74) is 5.13. The summed E-state index contributed by atoms with van der Waals surface area (Å²) < 4.78 is 6.17. The Hall–Kier alpha value is -1.56. The lowest BCUT2D eigenvalue weighted by Gasteiger charge is -2.07. The summed E-state index contributed by atoms with van der Waals surface area (Å²) in [5.74, 6) is 0.396. The number of hydrogen-bond acceptors (Lipinski definition) is 4. The highest BCUT2D eigenvalue weighted by molar-refractivity contribution is 6.32. The van der Waals surface area contributed by atoms with Crippen LogP contribution in [0.1, 0.15) is 23.2 Å². The molecule has 1 aromatic rings. The first-order valence-electron chi connectivity index (χ1n) is 4.59. The van der Waals surface area contributed by atoms with Gasteiger partial charge in [0.1, 0.15) is 18.1 Å².